The lowest BCUT2D eigenvalue weighted by Crippen LogP contribution is -2.47. The molecule has 0 unspecified atom stereocenters. The summed E-state index contributed by atoms with van der Waals surface area (Å²) in [6, 6.07) is -0.678. The van der Waals surface area contributed by atoms with Crippen molar-refractivity contribution in [3.8, 4) is 0 Å². The molecule has 0 spiro atoms. The lowest BCUT2D eigenvalue weighted by atomic mass is 9.49. The highest BCUT2D eigenvalue weighted by atomic mass is 16.2. The van der Waals surface area contributed by atoms with Crippen LogP contribution in [0, 0.1) is 23.2 Å². The lowest BCUT2D eigenvalue weighted by molar-refractivity contribution is -0.144. The van der Waals surface area contributed by atoms with Gasteiger partial charge in [0, 0.05) is 12.6 Å². The Morgan fingerprint density at radius 1 is 0.957 bits per heavy atom. The van der Waals surface area contributed by atoms with Gasteiger partial charge >= 0.3 is 17.8 Å². The van der Waals surface area contributed by atoms with Crippen LogP contribution in [0.15, 0.2) is 0 Å². The van der Waals surface area contributed by atoms with Crippen LogP contribution in [0.1, 0.15) is 58.8 Å². The summed E-state index contributed by atoms with van der Waals surface area (Å²) in [6.07, 6.45) is 8.83. The highest BCUT2D eigenvalue weighted by Gasteiger charge is 2.52. The van der Waals surface area contributed by atoms with E-state index in [9.17, 15) is 14.4 Å². The highest BCUT2D eigenvalue weighted by molar-refractivity contribution is 6.44. The van der Waals surface area contributed by atoms with Crippen molar-refractivity contribution < 1.29 is 14.4 Å². The number of imide groups is 2. The van der Waals surface area contributed by atoms with E-state index in [-0.39, 0.29) is 6.04 Å². The number of hydrogen-bond donors (Lipinski definition) is 0. The number of carbonyl (C=O) groups is 3. The predicted octanol–water partition coefficient (Wildman–Crippen LogP) is 2.79. The van der Waals surface area contributed by atoms with E-state index in [2.05, 4.69) is 0 Å². The summed E-state index contributed by atoms with van der Waals surface area (Å²) in [5.41, 5.74) is 0.323. The van der Waals surface area contributed by atoms with E-state index in [0.717, 1.165) is 29.1 Å². The van der Waals surface area contributed by atoms with Gasteiger partial charge in [-0.3, -0.25) is 19.4 Å². The number of hydrogen-bond acceptors (Lipinski definition) is 3. The van der Waals surface area contributed by atoms with Crippen LogP contribution in [0.5, 0.6) is 0 Å². The Bertz CT molecular complexity index is 533. The second-order valence-electron chi connectivity index (χ2n) is 8.68. The maximum Gasteiger partial charge on any atom is 0.334 e. The zero-order chi connectivity index (χ0) is 16.4. The van der Waals surface area contributed by atoms with E-state index in [4.69, 9.17) is 0 Å². The standard InChI is InChI=1S/C18H26N2O3/c1-11(2)20-16(22)15(21)19(17(20)23)4-3-18-8-12-5-13(9-18)7-14(6-12)10-18/h11-14H,3-10H2,1-2H3. The van der Waals surface area contributed by atoms with Gasteiger partial charge in [-0.15, -0.1) is 0 Å². The second kappa shape index (κ2) is 5.05. The molecule has 0 atom stereocenters. The van der Waals surface area contributed by atoms with Gasteiger partial charge < -0.3 is 0 Å². The van der Waals surface area contributed by atoms with Gasteiger partial charge in [-0.2, -0.15) is 0 Å². The highest BCUT2D eigenvalue weighted by Crippen LogP contribution is 2.61. The van der Waals surface area contributed by atoms with Gasteiger partial charge in [0.05, 0.1) is 0 Å². The molecule has 4 aliphatic carbocycles. The van der Waals surface area contributed by atoms with Gasteiger partial charge in [0.1, 0.15) is 0 Å². The molecule has 5 fully saturated rings. The molecule has 5 heteroatoms. The van der Waals surface area contributed by atoms with E-state index >= 15 is 0 Å². The summed E-state index contributed by atoms with van der Waals surface area (Å²) in [5, 5.41) is 0. The number of rotatable bonds is 4. The van der Waals surface area contributed by atoms with Crippen LogP contribution in [0.4, 0.5) is 4.79 Å². The molecule has 5 rings (SSSR count). The minimum absolute atomic E-state index is 0.261. The summed E-state index contributed by atoms with van der Waals surface area (Å²) < 4.78 is 0. The van der Waals surface area contributed by atoms with Gasteiger partial charge in [0.25, 0.3) is 0 Å². The molecule has 5 nitrogen and oxygen atoms in total. The van der Waals surface area contributed by atoms with Crippen molar-refractivity contribution in [1.29, 1.82) is 0 Å². The Hall–Kier alpha value is -1.39. The lowest BCUT2D eigenvalue weighted by Gasteiger charge is -2.57. The topological polar surface area (TPSA) is 57.7 Å². The summed E-state index contributed by atoms with van der Waals surface area (Å²) >= 11 is 0. The Morgan fingerprint density at radius 2 is 1.48 bits per heavy atom. The fraction of sp³-hybridized carbons (Fsp3) is 0.833. The summed E-state index contributed by atoms with van der Waals surface area (Å²) in [4.78, 5) is 38.9. The molecule has 1 saturated heterocycles. The molecule has 23 heavy (non-hydrogen) atoms. The molecule has 5 aliphatic rings. The number of amides is 4. The van der Waals surface area contributed by atoms with Crippen molar-refractivity contribution in [1.82, 2.24) is 9.80 Å². The van der Waals surface area contributed by atoms with E-state index < -0.39 is 17.8 Å². The maximum absolute atomic E-state index is 12.4. The molecular weight excluding hydrogens is 292 g/mol. The zero-order valence-corrected chi connectivity index (χ0v) is 14.1. The van der Waals surface area contributed by atoms with Gasteiger partial charge in [-0.25, -0.2) is 4.79 Å². The second-order valence-corrected chi connectivity index (χ2v) is 8.68. The Labute approximate surface area is 137 Å². The van der Waals surface area contributed by atoms with Gasteiger partial charge in [-0.05, 0) is 82.0 Å². The van der Waals surface area contributed by atoms with Crippen LogP contribution < -0.4 is 0 Å². The number of carbonyl (C=O) groups excluding carboxylic acids is 3. The first-order valence-electron chi connectivity index (χ1n) is 9.07. The molecule has 1 heterocycles. The van der Waals surface area contributed by atoms with Crippen molar-refractivity contribution in [2.75, 3.05) is 6.54 Å². The Kier molecular flexibility index (Phi) is 3.33. The monoisotopic (exact) mass is 318 g/mol. The molecule has 1 aliphatic heterocycles. The smallest absolute Gasteiger partial charge is 0.263 e. The van der Waals surface area contributed by atoms with Crippen LogP contribution in [0.2, 0.25) is 0 Å². The average molecular weight is 318 g/mol. The number of nitrogens with zero attached hydrogens (tertiary/aromatic N) is 2. The number of urea groups is 1. The van der Waals surface area contributed by atoms with Crippen molar-refractivity contribution in [3.05, 3.63) is 0 Å². The first kappa shape index (κ1) is 15.2. The summed E-state index contributed by atoms with van der Waals surface area (Å²) in [6.45, 7) is 3.95. The minimum atomic E-state index is -0.657. The van der Waals surface area contributed by atoms with E-state index in [1.54, 1.807) is 13.8 Å². The van der Waals surface area contributed by atoms with E-state index in [1.165, 1.54) is 43.4 Å². The van der Waals surface area contributed by atoms with E-state index in [0.29, 0.717) is 12.0 Å². The van der Waals surface area contributed by atoms with Crippen molar-refractivity contribution in [3.63, 3.8) is 0 Å². The Balaban J connectivity index is 1.46. The average Bonchev–Trinajstić information content (AvgIpc) is 2.66. The van der Waals surface area contributed by atoms with Gasteiger partial charge in [0.15, 0.2) is 0 Å². The van der Waals surface area contributed by atoms with Crippen molar-refractivity contribution >= 4 is 17.8 Å². The molecule has 0 aromatic carbocycles. The third kappa shape index (κ3) is 2.31. The molecule has 0 N–H and O–H groups in total. The molecule has 4 saturated carbocycles. The molecule has 0 radical (unpaired) electrons. The minimum Gasteiger partial charge on any atom is -0.263 e. The van der Waals surface area contributed by atoms with Crippen LogP contribution >= 0.6 is 0 Å². The SMILES string of the molecule is CC(C)N1C(=O)C(=O)N(CCC23CC4CC(CC(C4)C2)C3)C1=O. The van der Waals surface area contributed by atoms with Crippen molar-refractivity contribution in [2.45, 2.75) is 64.8 Å². The van der Waals surface area contributed by atoms with Gasteiger partial charge in [-0.1, -0.05) is 0 Å². The first-order valence-corrected chi connectivity index (χ1v) is 9.07. The van der Waals surface area contributed by atoms with Gasteiger partial charge in [0.2, 0.25) is 0 Å². The van der Waals surface area contributed by atoms with E-state index in [1.807, 2.05) is 0 Å². The predicted molar refractivity (Wildman–Crippen MR) is 84.3 cm³/mol. The fourth-order valence-corrected chi connectivity index (χ4v) is 6.12. The Morgan fingerprint density at radius 3 is 1.91 bits per heavy atom. The molecule has 4 bridgehead atoms. The molecule has 4 amide bonds. The summed E-state index contributed by atoms with van der Waals surface area (Å²) in [5.74, 6) is 1.30. The zero-order valence-electron chi connectivity index (χ0n) is 14.1. The first-order chi connectivity index (χ1) is 10.9. The third-order valence-electron chi connectivity index (χ3n) is 6.63. The molecule has 126 valence electrons. The third-order valence-corrected chi connectivity index (χ3v) is 6.63. The molecule has 0 aromatic heterocycles. The van der Waals surface area contributed by atoms with Crippen molar-refractivity contribution in [2.24, 2.45) is 23.2 Å². The fourth-order valence-electron chi connectivity index (χ4n) is 6.12. The molecular formula is C18H26N2O3. The summed E-state index contributed by atoms with van der Waals surface area (Å²) in [7, 11) is 0. The molecule has 0 aromatic rings. The maximum atomic E-state index is 12.4. The van der Waals surface area contributed by atoms with Crippen LogP contribution in [0.3, 0.4) is 0 Å². The normalized spacial score (nSPS) is 39.3. The van der Waals surface area contributed by atoms with Crippen LogP contribution in [-0.2, 0) is 9.59 Å². The quantitative estimate of drug-likeness (QED) is 0.591. The van der Waals surface area contributed by atoms with Crippen LogP contribution in [0.25, 0.3) is 0 Å². The van der Waals surface area contributed by atoms with Crippen LogP contribution in [-0.4, -0.2) is 40.2 Å². The largest absolute Gasteiger partial charge is 0.334 e.